The molecule has 0 aliphatic carbocycles. The smallest absolute Gasteiger partial charge is 0.123 e. The van der Waals surface area contributed by atoms with Crippen molar-refractivity contribution in [3.8, 4) is 5.75 Å². The summed E-state index contributed by atoms with van der Waals surface area (Å²) in [6, 6.07) is 14.2. The Morgan fingerprint density at radius 1 is 1.10 bits per heavy atom. The lowest BCUT2D eigenvalue weighted by molar-refractivity contribution is 0.318. The minimum absolute atomic E-state index is 0.510. The van der Waals surface area contributed by atoms with Crippen LogP contribution in [0.1, 0.15) is 38.7 Å². The number of hydrogen-bond donors (Lipinski definition) is 2. The average molecular weight is 284 g/mol. The maximum Gasteiger partial charge on any atom is 0.123 e. The van der Waals surface area contributed by atoms with E-state index in [1.807, 2.05) is 18.2 Å². The Morgan fingerprint density at radius 3 is 2.62 bits per heavy atom. The molecule has 0 radical (unpaired) electrons. The minimum atomic E-state index is 0.510. The van der Waals surface area contributed by atoms with E-state index in [9.17, 15) is 0 Å². The third kappa shape index (κ3) is 4.42. The molecule has 0 heterocycles. The van der Waals surface area contributed by atoms with Crippen molar-refractivity contribution < 1.29 is 4.74 Å². The number of ether oxygens (including phenoxy) is 1. The van der Waals surface area contributed by atoms with Crippen molar-refractivity contribution >= 4 is 17.1 Å². The highest BCUT2D eigenvalue weighted by molar-refractivity contribution is 5.66. The Morgan fingerprint density at radius 2 is 1.90 bits per heavy atom. The highest BCUT2D eigenvalue weighted by Gasteiger charge is 2.03. The van der Waals surface area contributed by atoms with Gasteiger partial charge in [0.05, 0.1) is 6.61 Å². The quantitative estimate of drug-likeness (QED) is 0.740. The van der Waals surface area contributed by atoms with Gasteiger partial charge in [0.1, 0.15) is 5.75 Å². The summed E-state index contributed by atoms with van der Waals surface area (Å²) in [5.41, 5.74) is 9.96. The van der Waals surface area contributed by atoms with Crippen molar-refractivity contribution in [2.45, 2.75) is 33.1 Å². The third-order valence-corrected chi connectivity index (χ3v) is 3.24. The number of rotatable bonds is 6. The molecule has 0 fully saturated rings. The van der Waals surface area contributed by atoms with E-state index in [-0.39, 0.29) is 0 Å². The normalized spacial score (nSPS) is 10.7. The van der Waals surface area contributed by atoms with Gasteiger partial charge < -0.3 is 15.8 Å². The number of nitrogen functional groups attached to an aromatic ring is 1. The fourth-order valence-electron chi connectivity index (χ4n) is 2.14. The first-order valence-corrected chi connectivity index (χ1v) is 7.49. The zero-order valence-corrected chi connectivity index (χ0v) is 13.0. The molecule has 0 amide bonds. The Balaban J connectivity index is 2.18. The Bertz CT molecular complexity index is 594. The second-order valence-corrected chi connectivity index (χ2v) is 5.54. The molecule has 2 rings (SSSR count). The number of nitrogens with one attached hydrogen (secondary N) is 1. The molecule has 21 heavy (non-hydrogen) atoms. The Kier molecular flexibility index (Phi) is 5.09. The van der Waals surface area contributed by atoms with Gasteiger partial charge in [-0.05, 0) is 36.1 Å². The van der Waals surface area contributed by atoms with Crippen molar-refractivity contribution in [1.82, 2.24) is 0 Å². The molecule has 112 valence electrons. The molecule has 3 heteroatoms. The lowest BCUT2D eigenvalue weighted by atomic mass is 10.0. The number of benzene rings is 2. The summed E-state index contributed by atoms with van der Waals surface area (Å²) < 4.78 is 5.66. The van der Waals surface area contributed by atoms with E-state index < -0.39 is 0 Å². The second kappa shape index (κ2) is 7.02. The first kappa shape index (κ1) is 15.2. The minimum Gasteiger partial charge on any atom is -0.493 e. The number of hydrogen-bond acceptors (Lipinski definition) is 3. The molecule has 0 aromatic heterocycles. The van der Waals surface area contributed by atoms with E-state index in [1.54, 1.807) is 0 Å². The van der Waals surface area contributed by atoms with Crippen LogP contribution in [0.3, 0.4) is 0 Å². The molecule has 0 saturated heterocycles. The van der Waals surface area contributed by atoms with Crippen LogP contribution >= 0.6 is 0 Å². The van der Waals surface area contributed by atoms with E-state index in [4.69, 9.17) is 10.5 Å². The van der Waals surface area contributed by atoms with Crippen LogP contribution in [0.25, 0.3) is 0 Å². The maximum absolute atomic E-state index is 5.94. The fraction of sp³-hybridized carbons (Fsp3) is 0.333. The van der Waals surface area contributed by atoms with Gasteiger partial charge in [0.15, 0.2) is 0 Å². The molecule has 0 aliphatic heterocycles. The summed E-state index contributed by atoms with van der Waals surface area (Å²) in [5, 5.41) is 3.40. The van der Waals surface area contributed by atoms with Crippen LogP contribution in [0.4, 0.5) is 17.1 Å². The van der Waals surface area contributed by atoms with Crippen LogP contribution < -0.4 is 15.8 Å². The SMILES string of the molecule is CCCOc1cc(N)cc(Nc2cccc(C(C)C)c2)c1. The molecule has 0 saturated carbocycles. The molecule has 0 aliphatic rings. The molecule has 2 aromatic rings. The summed E-state index contributed by atoms with van der Waals surface area (Å²) in [5.74, 6) is 1.32. The summed E-state index contributed by atoms with van der Waals surface area (Å²) in [4.78, 5) is 0. The molecule has 0 unspecified atom stereocenters. The highest BCUT2D eigenvalue weighted by Crippen LogP contribution is 2.27. The zero-order chi connectivity index (χ0) is 15.2. The van der Waals surface area contributed by atoms with Gasteiger partial charge in [-0.3, -0.25) is 0 Å². The van der Waals surface area contributed by atoms with Gasteiger partial charge >= 0.3 is 0 Å². The summed E-state index contributed by atoms with van der Waals surface area (Å²) in [7, 11) is 0. The van der Waals surface area contributed by atoms with Crippen molar-refractivity contribution in [3.05, 3.63) is 48.0 Å². The van der Waals surface area contributed by atoms with Crippen molar-refractivity contribution in [1.29, 1.82) is 0 Å². The van der Waals surface area contributed by atoms with E-state index in [1.165, 1.54) is 5.56 Å². The van der Waals surface area contributed by atoms with E-state index in [2.05, 4.69) is 50.4 Å². The van der Waals surface area contributed by atoms with Crippen molar-refractivity contribution in [2.75, 3.05) is 17.7 Å². The molecule has 3 N–H and O–H groups in total. The van der Waals surface area contributed by atoms with Gasteiger partial charge in [0.2, 0.25) is 0 Å². The molecule has 2 aromatic carbocycles. The molecule has 0 bridgehead atoms. The van der Waals surface area contributed by atoms with Crippen LogP contribution in [0.15, 0.2) is 42.5 Å². The van der Waals surface area contributed by atoms with Gasteiger partial charge in [0, 0.05) is 29.2 Å². The topological polar surface area (TPSA) is 47.3 Å². The van der Waals surface area contributed by atoms with Gasteiger partial charge in [-0.25, -0.2) is 0 Å². The van der Waals surface area contributed by atoms with E-state index >= 15 is 0 Å². The summed E-state index contributed by atoms with van der Waals surface area (Å²) in [6.07, 6.45) is 0.980. The van der Waals surface area contributed by atoms with Crippen LogP contribution in [0.5, 0.6) is 5.75 Å². The Hall–Kier alpha value is -2.16. The van der Waals surface area contributed by atoms with Gasteiger partial charge in [-0.15, -0.1) is 0 Å². The first-order valence-electron chi connectivity index (χ1n) is 7.49. The fourth-order valence-corrected chi connectivity index (χ4v) is 2.14. The van der Waals surface area contributed by atoms with Gasteiger partial charge in [-0.2, -0.15) is 0 Å². The highest BCUT2D eigenvalue weighted by atomic mass is 16.5. The van der Waals surface area contributed by atoms with E-state index in [0.29, 0.717) is 18.2 Å². The van der Waals surface area contributed by atoms with Gasteiger partial charge in [0.25, 0.3) is 0 Å². The average Bonchev–Trinajstić information content (AvgIpc) is 2.45. The zero-order valence-electron chi connectivity index (χ0n) is 13.0. The summed E-state index contributed by atoms with van der Waals surface area (Å²) >= 11 is 0. The first-order chi connectivity index (χ1) is 10.1. The maximum atomic E-state index is 5.94. The van der Waals surface area contributed by atoms with Gasteiger partial charge in [-0.1, -0.05) is 32.9 Å². The lowest BCUT2D eigenvalue weighted by Crippen LogP contribution is -1.99. The predicted molar refractivity (Wildman–Crippen MR) is 90.5 cm³/mol. The number of nitrogens with two attached hydrogens (primary N) is 1. The van der Waals surface area contributed by atoms with Crippen LogP contribution in [0, 0.1) is 0 Å². The molecule has 0 atom stereocenters. The van der Waals surface area contributed by atoms with Crippen LogP contribution in [-0.4, -0.2) is 6.61 Å². The third-order valence-electron chi connectivity index (χ3n) is 3.24. The monoisotopic (exact) mass is 284 g/mol. The lowest BCUT2D eigenvalue weighted by Gasteiger charge is -2.13. The molecule has 3 nitrogen and oxygen atoms in total. The largest absolute Gasteiger partial charge is 0.493 e. The molecular formula is C18H24N2O. The predicted octanol–water partition coefficient (Wildman–Crippen LogP) is 4.92. The summed E-state index contributed by atoms with van der Waals surface area (Å²) in [6.45, 7) is 7.17. The standard InChI is InChI=1S/C18H24N2O/c1-4-8-21-18-11-15(19)10-17(12-18)20-16-7-5-6-14(9-16)13(2)3/h5-7,9-13,20H,4,8,19H2,1-3H3. The van der Waals surface area contributed by atoms with Crippen LogP contribution in [0.2, 0.25) is 0 Å². The van der Waals surface area contributed by atoms with E-state index in [0.717, 1.165) is 23.5 Å². The second-order valence-electron chi connectivity index (χ2n) is 5.54. The molecule has 0 spiro atoms. The molecular weight excluding hydrogens is 260 g/mol. The Labute approximate surface area is 127 Å². The van der Waals surface area contributed by atoms with Crippen LogP contribution in [-0.2, 0) is 0 Å². The number of anilines is 3. The van der Waals surface area contributed by atoms with Crippen molar-refractivity contribution in [3.63, 3.8) is 0 Å². The van der Waals surface area contributed by atoms with Crippen molar-refractivity contribution in [2.24, 2.45) is 0 Å².